The molecule has 2 heterocycles. The minimum absolute atomic E-state index is 0.394. The minimum atomic E-state index is 0.394. The van der Waals surface area contributed by atoms with Crippen molar-refractivity contribution in [1.82, 2.24) is 10.3 Å². The Kier molecular flexibility index (Phi) is 5.42. The first-order valence-corrected chi connectivity index (χ1v) is 6.78. The molecule has 4 heteroatoms. The van der Waals surface area contributed by atoms with E-state index in [2.05, 4.69) is 17.2 Å². The lowest BCUT2D eigenvalue weighted by molar-refractivity contribution is 0.0903. The fourth-order valence-electron chi connectivity index (χ4n) is 2.03. The van der Waals surface area contributed by atoms with Crippen molar-refractivity contribution in [3.05, 3.63) is 24.0 Å². The molecule has 0 aliphatic carbocycles. The second-order valence-electron chi connectivity index (χ2n) is 4.54. The molecule has 1 aromatic rings. The lowest BCUT2D eigenvalue weighted by atomic mass is 10.2. The van der Waals surface area contributed by atoms with E-state index >= 15 is 0 Å². The maximum absolute atomic E-state index is 5.66. The molecule has 0 aromatic carbocycles. The van der Waals surface area contributed by atoms with E-state index in [0.29, 0.717) is 12.7 Å². The van der Waals surface area contributed by atoms with Crippen LogP contribution in [0, 0.1) is 0 Å². The van der Waals surface area contributed by atoms with Crippen molar-refractivity contribution >= 4 is 0 Å². The summed E-state index contributed by atoms with van der Waals surface area (Å²) in [4.78, 5) is 4.35. The van der Waals surface area contributed by atoms with Crippen molar-refractivity contribution in [2.75, 3.05) is 19.8 Å². The van der Waals surface area contributed by atoms with E-state index in [-0.39, 0.29) is 0 Å². The Balaban J connectivity index is 1.68. The van der Waals surface area contributed by atoms with E-state index in [1.165, 1.54) is 12.8 Å². The topological polar surface area (TPSA) is 43.4 Å². The third-order valence-electron chi connectivity index (χ3n) is 3.09. The van der Waals surface area contributed by atoms with E-state index < -0.39 is 0 Å². The first-order chi connectivity index (χ1) is 8.88. The predicted molar refractivity (Wildman–Crippen MR) is 70.7 cm³/mol. The summed E-state index contributed by atoms with van der Waals surface area (Å²) < 4.78 is 11.2. The Morgan fingerprint density at radius 3 is 3.11 bits per heavy atom. The Labute approximate surface area is 109 Å². The second-order valence-corrected chi connectivity index (χ2v) is 4.54. The van der Waals surface area contributed by atoms with Crippen LogP contribution in [-0.2, 0) is 11.3 Å². The molecule has 0 amide bonds. The minimum Gasteiger partial charge on any atom is -0.492 e. The van der Waals surface area contributed by atoms with Gasteiger partial charge in [-0.3, -0.25) is 4.98 Å². The van der Waals surface area contributed by atoms with E-state index in [1.807, 2.05) is 12.1 Å². The first kappa shape index (κ1) is 13.3. The van der Waals surface area contributed by atoms with Crippen molar-refractivity contribution in [3.8, 4) is 5.75 Å². The van der Waals surface area contributed by atoms with Crippen molar-refractivity contribution in [2.24, 2.45) is 0 Å². The maximum atomic E-state index is 5.66. The summed E-state index contributed by atoms with van der Waals surface area (Å²) in [6, 6.07) is 3.99. The second kappa shape index (κ2) is 7.34. The zero-order valence-corrected chi connectivity index (χ0v) is 11.0. The van der Waals surface area contributed by atoms with Gasteiger partial charge in [0.05, 0.1) is 24.6 Å². The molecule has 100 valence electrons. The Morgan fingerprint density at radius 1 is 1.50 bits per heavy atom. The van der Waals surface area contributed by atoms with E-state index in [1.54, 1.807) is 6.20 Å². The van der Waals surface area contributed by atoms with Crippen LogP contribution in [0.1, 0.15) is 31.9 Å². The van der Waals surface area contributed by atoms with Crippen LogP contribution in [0.4, 0.5) is 0 Å². The highest BCUT2D eigenvalue weighted by atomic mass is 16.5. The first-order valence-electron chi connectivity index (χ1n) is 6.78. The lowest BCUT2D eigenvalue weighted by Gasteiger charge is -2.10. The third-order valence-corrected chi connectivity index (χ3v) is 3.09. The number of ether oxygens (including phenoxy) is 2. The molecule has 1 N–H and O–H groups in total. The zero-order valence-electron chi connectivity index (χ0n) is 11.0. The van der Waals surface area contributed by atoms with Gasteiger partial charge < -0.3 is 14.8 Å². The highest BCUT2D eigenvalue weighted by Crippen LogP contribution is 2.16. The standard InChI is InChI=1S/C14H22N2O2/c1-2-15-10-12-5-6-14(11-16-12)18-9-7-13-4-3-8-17-13/h5-6,11,13,15H,2-4,7-10H2,1H3. The smallest absolute Gasteiger partial charge is 0.137 e. The number of nitrogens with zero attached hydrogens (tertiary/aromatic N) is 1. The zero-order chi connectivity index (χ0) is 12.6. The summed E-state index contributed by atoms with van der Waals surface area (Å²) in [6.07, 6.45) is 5.52. The molecule has 0 spiro atoms. The van der Waals surface area contributed by atoms with Crippen molar-refractivity contribution in [1.29, 1.82) is 0 Å². The fraction of sp³-hybridized carbons (Fsp3) is 0.643. The van der Waals surface area contributed by atoms with Crippen molar-refractivity contribution in [2.45, 2.75) is 38.8 Å². The number of rotatable bonds is 7. The molecule has 1 atom stereocenters. The van der Waals surface area contributed by atoms with Gasteiger partial charge in [0.1, 0.15) is 5.75 Å². The predicted octanol–water partition coefficient (Wildman–Crippen LogP) is 2.14. The molecule has 1 aliphatic heterocycles. The number of nitrogens with one attached hydrogen (secondary N) is 1. The molecule has 0 saturated carbocycles. The Morgan fingerprint density at radius 2 is 2.44 bits per heavy atom. The fourth-order valence-corrected chi connectivity index (χ4v) is 2.03. The highest BCUT2D eigenvalue weighted by molar-refractivity contribution is 5.19. The van der Waals surface area contributed by atoms with Crippen LogP contribution in [0.15, 0.2) is 18.3 Å². The summed E-state index contributed by atoms with van der Waals surface area (Å²) in [5.41, 5.74) is 1.04. The summed E-state index contributed by atoms with van der Waals surface area (Å²) in [6.45, 7) is 5.47. The van der Waals surface area contributed by atoms with E-state index in [4.69, 9.17) is 9.47 Å². The van der Waals surface area contributed by atoms with Crippen LogP contribution in [0.5, 0.6) is 5.75 Å². The summed E-state index contributed by atoms with van der Waals surface area (Å²) in [7, 11) is 0. The summed E-state index contributed by atoms with van der Waals surface area (Å²) >= 11 is 0. The molecular weight excluding hydrogens is 228 g/mol. The van der Waals surface area contributed by atoms with Gasteiger partial charge in [0.25, 0.3) is 0 Å². The molecule has 1 aliphatic rings. The summed E-state index contributed by atoms with van der Waals surface area (Å²) in [5.74, 6) is 0.841. The molecule has 1 unspecified atom stereocenters. The van der Waals surface area contributed by atoms with Crippen LogP contribution < -0.4 is 10.1 Å². The highest BCUT2D eigenvalue weighted by Gasteiger charge is 2.14. The van der Waals surface area contributed by atoms with Gasteiger partial charge in [-0.05, 0) is 31.5 Å². The van der Waals surface area contributed by atoms with Crippen LogP contribution in [0.2, 0.25) is 0 Å². The van der Waals surface area contributed by atoms with Crippen LogP contribution >= 0.6 is 0 Å². The molecule has 0 radical (unpaired) electrons. The van der Waals surface area contributed by atoms with Gasteiger partial charge >= 0.3 is 0 Å². The lowest BCUT2D eigenvalue weighted by Crippen LogP contribution is -2.13. The number of aromatic nitrogens is 1. The maximum Gasteiger partial charge on any atom is 0.137 e. The van der Waals surface area contributed by atoms with Gasteiger partial charge in [-0.25, -0.2) is 0 Å². The van der Waals surface area contributed by atoms with Gasteiger partial charge in [-0.1, -0.05) is 6.92 Å². The van der Waals surface area contributed by atoms with Gasteiger partial charge in [0.15, 0.2) is 0 Å². The molecule has 2 rings (SSSR count). The van der Waals surface area contributed by atoms with E-state index in [9.17, 15) is 0 Å². The number of hydrogen-bond acceptors (Lipinski definition) is 4. The average Bonchev–Trinajstić information content (AvgIpc) is 2.91. The largest absolute Gasteiger partial charge is 0.492 e. The molecule has 4 nitrogen and oxygen atoms in total. The number of pyridine rings is 1. The van der Waals surface area contributed by atoms with Crippen LogP contribution in [-0.4, -0.2) is 30.8 Å². The van der Waals surface area contributed by atoms with Gasteiger partial charge in [0, 0.05) is 19.6 Å². The average molecular weight is 250 g/mol. The summed E-state index contributed by atoms with van der Waals surface area (Å²) in [5, 5.41) is 3.24. The number of hydrogen-bond donors (Lipinski definition) is 1. The SMILES string of the molecule is CCNCc1ccc(OCCC2CCCO2)cn1. The molecule has 1 saturated heterocycles. The molecule has 1 fully saturated rings. The van der Waals surface area contributed by atoms with Gasteiger partial charge in [-0.15, -0.1) is 0 Å². The van der Waals surface area contributed by atoms with Gasteiger partial charge in [-0.2, -0.15) is 0 Å². The molecule has 0 bridgehead atoms. The van der Waals surface area contributed by atoms with Crippen LogP contribution in [0.25, 0.3) is 0 Å². The quantitative estimate of drug-likeness (QED) is 0.805. The molecule has 18 heavy (non-hydrogen) atoms. The third kappa shape index (κ3) is 4.27. The normalized spacial score (nSPS) is 19.1. The van der Waals surface area contributed by atoms with E-state index in [0.717, 1.165) is 37.6 Å². The molecule has 1 aromatic heterocycles. The van der Waals surface area contributed by atoms with Crippen molar-refractivity contribution in [3.63, 3.8) is 0 Å². The monoisotopic (exact) mass is 250 g/mol. The molecular formula is C14H22N2O2. The van der Waals surface area contributed by atoms with Gasteiger partial charge in [0.2, 0.25) is 0 Å². The van der Waals surface area contributed by atoms with Crippen molar-refractivity contribution < 1.29 is 9.47 Å². The Hall–Kier alpha value is -1.13. The van der Waals surface area contributed by atoms with Crippen LogP contribution in [0.3, 0.4) is 0 Å². The Bertz CT molecular complexity index is 334.